The molecule has 0 atom stereocenters. The van der Waals surface area contributed by atoms with Crippen molar-refractivity contribution in [3.63, 3.8) is 0 Å². The minimum Gasteiger partial charge on any atom is -0.308 e. The van der Waals surface area contributed by atoms with E-state index in [1.807, 2.05) is 20.8 Å². The predicted octanol–water partition coefficient (Wildman–Crippen LogP) is 1.14. The van der Waals surface area contributed by atoms with E-state index in [1.165, 1.54) is 0 Å². The van der Waals surface area contributed by atoms with Gasteiger partial charge in [0.1, 0.15) is 17.3 Å². The van der Waals surface area contributed by atoms with Crippen molar-refractivity contribution in [2.75, 3.05) is 5.43 Å². The van der Waals surface area contributed by atoms with Crippen LogP contribution in [0, 0.1) is 20.8 Å². The number of hydrazine groups is 1. The molecule has 0 saturated carbocycles. The molecule has 0 bridgehead atoms. The Bertz CT molecular complexity index is 552. The van der Waals surface area contributed by atoms with Crippen LogP contribution in [0.1, 0.15) is 17.1 Å². The summed E-state index contributed by atoms with van der Waals surface area (Å²) in [5.41, 5.74) is 5.06. The number of rotatable bonds is 2. The van der Waals surface area contributed by atoms with Gasteiger partial charge in [-0.1, -0.05) is 0 Å². The monoisotopic (exact) mass is 230 g/mol. The number of aromatic nitrogens is 4. The molecular weight excluding hydrogens is 216 g/mol. The van der Waals surface area contributed by atoms with Gasteiger partial charge >= 0.3 is 0 Å². The Morgan fingerprint density at radius 2 is 1.88 bits per heavy atom. The number of aryl methyl sites for hydroxylation is 2. The van der Waals surface area contributed by atoms with Crippen molar-refractivity contribution < 1.29 is 0 Å². The Morgan fingerprint density at radius 3 is 2.53 bits per heavy atom. The van der Waals surface area contributed by atoms with Crippen LogP contribution in [0.4, 0.5) is 5.82 Å². The lowest BCUT2D eigenvalue weighted by Gasteiger charge is -2.09. The molecule has 3 N–H and O–H groups in total. The van der Waals surface area contributed by atoms with E-state index in [0.29, 0.717) is 23.2 Å². The van der Waals surface area contributed by atoms with Gasteiger partial charge in [-0.3, -0.25) is 0 Å². The molecule has 0 unspecified atom stereocenters. The third-order valence-electron chi connectivity index (χ3n) is 2.53. The van der Waals surface area contributed by atoms with Crippen LogP contribution >= 0.6 is 0 Å². The predicted molar refractivity (Wildman–Crippen MR) is 65.1 cm³/mol. The molecule has 0 spiro atoms. The summed E-state index contributed by atoms with van der Waals surface area (Å²) in [7, 11) is 0. The third kappa shape index (κ3) is 2.21. The maximum Gasteiger partial charge on any atom is 0.180 e. The van der Waals surface area contributed by atoms with Crippen LogP contribution < -0.4 is 11.3 Å². The molecule has 0 fully saturated rings. The van der Waals surface area contributed by atoms with E-state index in [2.05, 4.69) is 25.4 Å². The summed E-state index contributed by atoms with van der Waals surface area (Å²) in [6, 6.07) is 1.78. The molecule has 0 amide bonds. The fraction of sp³-hybridized carbons (Fsp3) is 0.273. The van der Waals surface area contributed by atoms with Crippen molar-refractivity contribution in [1.29, 1.82) is 0 Å². The van der Waals surface area contributed by atoms with Crippen LogP contribution in [0.25, 0.3) is 11.5 Å². The van der Waals surface area contributed by atoms with E-state index in [9.17, 15) is 0 Å². The first kappa shape index (κ1) is 11.4. The molecule has 6 heteroatoms. The second-order valence-corrected chi connectivity index (χ2v) is 3.74. The van der Waals surface area contributed by atoms with Gasteiger partial charge in [0.05, 0.1) is 0 Å². The molecule has 0 saturated heterocycles. The van der Waals surface area contributed by atoms with Gasteiger partial charge in [0.2, 0.25) is 0 Å². The number of nitrogens with one attached hydrogen (secondary N) is 1. The third-order valence-corrected chi connectivity index (χ3v) is 2.53. The second kappa shape index (κ2) is 4.42. The minimum absolute atomic E-state index is 0.548. The van der Waals surface area contributed by atoms with Gasteiger partial charge in [-0.05, 0) is 26.8 Å². The fourth-order valence-electron chi connectivity index (χ4n) is 1.46. The van der Waals surface area contributed by atoms with Gasteiger partial charge in [-0.25, -0.2) is 25.8 Å². The molecule has 2 aromatic heterocycles. The lowest BCUT2D eigenvalue weighted by atomic mass is 10.2. The van der Waals surface area contributed by atoms with Crippen LogP contribution in [0.5, 0.6) is 0 Å². The summed E-state index contributed by atoms with van der Waals surface area (Å²) < 4.78 is 0. The number of nitrogens with two attached hydrogens (primary N) is 1. The van der Waals surface area contributed by atoms with E-state index in [-0.39, 0.29) is 0 Å². The summed E-state index contributed by atoms with van der Waals surface area (Å²) in [4.78, 5) is 17.0. The molecule has 0 aromatic carbocycles. The molecule has 88 valence electrons. The van der Waals surface area contributed by atoms with Crippen molar-refractivity contribution in [2.45, 2.75) is 20.8 Å². The molecule has 0 aliphatic rings. The molecule has 6 nitrogen and oxygen atoms in total. The highest BCUT2D eigenvalue weighted by molar-refractivity contribution is 5.55. The van der Waals surface area contributed by atoms with Crippen LogP contribution in [-0.2, 0) is 0 Å². The lowest BCUT2D eigenvalue weighted by molar-refractivity contribution is 1.01. The molecule has 0 aliphatic heterocycles. The number of nitrogen functional groups attached to an aromatic ring is 1. The Balaban J connectivity index is 2.56. The summed E-state index contributed by atoms with van der Waals surface area (Å²) in [5, 5.41) is 0. The average Bonchev–Trinajstić information content (AvgIpc) is 2.32. The number of nitrogens with zero attached hydrogens (tertiary/aromatic N) is 4. The average molecular weight is 230 g/mol. The Kier molecular flexibility index (Phi) is 2.97. The highest BCUT2D eigenvalue weighted by Crippen LogP contribution is 2.19. The number of hydrogen-bond donors (Lipinski definition) is 2. The summed E-state index contributed by atoms with van der Waals surface area (Å²) in [5.74, 6) is 7.27. The van der Waals surface area contributed by atoms with Gasteiger partial charge in [-0.15, -0.1) is 0 Å². The molecular formula is C11H14N6. The van der Waals surface area contributed by atoms with Crippen molar-refractivity contribution in [3.05, 3.63) is 29.3 Å². The van der Waals surface area contributed by atoms with Crippen LogP contribution in [-0.4, -0.2) is 19.9 Å². The van der Waals surface area contributed by atoms with Crippen molar-refractivity contribution >= 4 is 5.82 Å². The highest BCUT2D eigenvalue weighted by atomic mass is 15.3. The summed E-state index contributed by atoms with van der Waals surface area (Å²) >= 11 is 0. The van der Waals surface area contributed by atoms with Crippen LogP contribution in [0.2, 0.25) is 0 Å². The second-order valence-electron chi connectivity index (χ2n) is 3.74. The quantitative estimate of drug-likeness (QED) is 0.594. The van der Waals surface area contributed by atoms with E-state index < -0.39 is 0 Å². The van der Waals surface area contributed by atoms with Crippen molar-refractivity contribution in [3.8, 4) is 11.5 Å². The maximum atomic E-state index is 5.42. The minimum atomic E-state index is 0.548. The normalized spacial score (nSPS) is 10.4. The number of anilines is 1. The maximum absolute atomic E-state index is 5.42. The van der Waals surface area contributed by atoms with E-state index in [1.54, 1.807) is 12.3 Å². The Hall–Kier alpha value is -2.08. The first-order valence-electron chi connectivity index (χ1n) is 5.23. The number of hydrogen-bond acceptors (Lipinski definition) is 6. The van der Waals surface area contributed by atoms with Crippen molar-refractivity contribution in [2.24, 2.45) is 5.84 Å². The van der Waals surface area contributed by atoms with Crippen molar-refractivity contribution in [1.82, 2.24) is 19.9 Å². The molecule has 2 heterocycles. The molecule has 0 radical (unpaired) electrons. The van der Waals surface area contributed by atoms with Crippen LogP contribution in [0.15, 0.2) is 12.3 Å². The molecule has 0 aliphatic carbocycles. The van der Waals surface area contributed by atoms with E-state index >= 15 is 0 Å². The topological polar surface area (TPSA) is 89.6 Å². The van der Waals surface area contributed by atoms with Gasteiger partial charge in [-0.2, -0.15) is 0 Å². The fourth-order valence-corrected chi connectivity index (χ4v) is 1.46. The van der Waals surface area contributed by atoms with Gasteiger partial charge in [0, 0.05) is 17.5 Å². The van der Waals surface area contributed by atoms with Crippen LogP contribution in [0.3, 0.4) is 0 Å². The van der Waals surface area contributed by atoms with E-state index in [0.717, 1.165) is 11.3 Å². The summed E-state index contributed by atoms with van der Waals surface area (Å²) in [6.45, 7) is 5.65. The highest BCUT2D eigenvalue weighted by Gasteiger charge is 2.09. The smallest absolute Gasteiger partial charge is 0.180 e. The molecule has 2 rings (SSSR count). The lowest BCUT2D eigenvalue weighted by Crippen LogP contribution is -2.12. The van der Waals surface area contributed by atoms with Gasteiger partial charge < -0.3 is 5.43 Å². The first-order valence-corrected chi connectivity index (χ1v) is 5.23. The zero-order valence-electron chi connectivity index (χ0n) is 10.0. The SMILES string of the molecule is Cc1nccc(-c2nc(C)c(C)c(NN)n2)n1. The molecule has 17 heavy (non-hydrogen) atoms. The first-order chi connectivity index (χ1) is 8.11. The zero-order chi connectivity index (χ0) is 12.4. The summed E-state index contributed by atoms with van der Waals surface area (Å²) in [6.07, 6.45) is 1.69. The van der Waals surface area contributed by atoms with E-state index in [4.69, 9.17) is 5.84 Å². The molecule has 2 aromatic rings. The van der Waals surface area contributed by atoms with Gasteiger partial charge in [0.15, 0.2) is 5.82 Å². The van der Waals surface area contributed by atoms with Gasteiger partial charge in [0.25, 0.3) is 0 Å². The Labute approximate surface area is 99.3 Å². The largest absolute Gasteiger partial charge is 0.308 e. The standard InChI is InChI=1S/C11H14N6/c1-6-7(2)14-11(16-10(6)17-12)9-4-5-13-8(3)15-9/h4-5H,12H2,1-3H3,(H,14,16,17). The Morgan fingerprint density at radius 1 is 1.12 bits per heavy atom. The zero-order valence-corrected chi connectivity index (χ0v) is 10.0.